The van der Waals surface area contributed by atoms with Crippen molar-refractivity contribution in [2.24, 2.45) is 0 Å². The van der Waals surface area contributed by atoms with E-state index in [1.54, 1.807) is 18.1 Å². The van der Waals surface area contributed by atoms with Crippen LogP contribution in [0.5, 0.6) is 11.6 Å². The molecule has 0 aliphatic carbocycles. The Morgan fingerprint density at radius 2 is 2.07 bits per heavy atom. The van der Waals surface area contributed by atoms with Gasteiger partial charge in [-0.05, 0) is 24.3 Å². The number of anilines is 1. The van der Waals surface area contributed by atoms with Crippen LogP contribution in [0.25, 0.3) is 10.9 Å². The average Bonchev–Trinajstić information content (AvgIpc) is 3.34. The monoisotopic (exact) mass is 381 g/mol. The number of fused-ring (bicyclic) bond motifs is 1. The lowest BCUT2D eigenvalue weighted by Gasteiger charge is -2.16. The molecule has 8 nitrogen and oxygen atoms in total. The number of H-pyrrole nitrogens is 1. The van der Waals surface area contributed by atoms with E-state index in [2.05, 4.69) is 15.2 Å². The number of nitrogens with zero attached hydrogens (tertiary/aromatic N) is 4. The van der Waals surface area contributed by atoms with Crippen LogP contribution in [0.3, 0.4) is 0 Å². The van der Waals surface area contributed by atoms with Crippen molar-refractivity contribution in [3.63, 3.8) is 0 Å². The van der Waals surface area contributed by atoms with Gasteiger partial charge in [0.15, 0.2) is 5.82 Å². The van der Waals surface area contributed by atoms with E-state index in [4.69, 9.17) is 9.47 Å². The lowest BCUT2D eigenvalue weighted by atomic mass is 10.2. The molecule has 0 spiro atoms. The molecule has 4 rings (SSSR count). The van der Waals surface area contributed by atoms with Crippen LogP contribution in [0.15, 0.2) is 36.4 Å². The topological polar surface area (TPSA) is 83.6 Å². The Hall–Kier alpha value is -3.29. The summed E-state index contributed by atoms with van der Waals surface area (Å²) in [5, 5.41) is 9.20. The van der Waals surface area contributed by atoms with Gasteiger partial charge >= 0.3 is 0 Å². The minimum absolute atomic E-state index is 0.0321. The third-order valence-corrected chi connectivity index (χ3v) is 4.86. The van der Waals surface area contributed by atoms with E-state index >= 15 is 0 Å². The summed E-state index contributed by atoms with van der Waals surface area (Å²) in [7, 11) is 5.44. The highest BCUT2D eigenvalue weighted by Gasteiger charge is 2.29. The standard InChI is InChI=1S/C20H23N5O3/c1-24(2)18-6-7-19(23-22-18)28-15-8-9-25(12-15)20(26)17-10-13-4-5-14(27-3)11-16(13)21-17/h4-7,10-11,15,21H,8-9,12H2,1-3H3. The molecule has 0 radical (unpaired) electrons. The number of aromatic amines is 1. The van der Waals surface area contributed by atoms with Crippen LogP contribution in [-0.4, -0.2) is 66.4 Å². The first-order valence-electron chi connectivity index (χ1n) is 9.17. The molecule has 1 N–H and O–H groups in total. The molecule has 1 saturated heterocycles. The first kappa shape index (κ1) is 18.1. The fourth-order valence-electron chi connectivity index (χ4n) is 3.31. The number of methoxy groups -OCH3 is 1. The van der Waals surface area contributed by atoms with Gasteiger partial charge in [-0.25, -0.2) is 0 Å². The molecule has 1 aromatic carbocycles. The maximum atomic E-state index is 12.9. The highest BCUT2D eigenvalue weighted by atomic mass is 16.5. The molecule has 146 valence electrons. The fourth-order valence-corrected chi connectivity index (χ4v) is 3.31. The Labute approximate surface area is 163 Å². The van der Waals surface area contributed by atoms with Crippen LogP contribution >= 0.6 is 0 Å². The largest absolute Gasteiger partial charge is 0.497 e. The number of benzene rings is 1. The summed E-state index contributed by atoms with van der Waals surface area (Å²) >= 11 is 0. The number of hydrogen-bond donors (Lipinski definition) is 1. The van der Waals surface area contributed by atoms with Gasteiger partial charge in [0, 0.05) is 50.1 Å². The Balaban J connectivity index is 1.41. The molecule has 0 bridgehead atoms. The van der Waals surface area contributed by atoms with Crippen LogP contribution in [-0.2, 0) is 0 Å². The molecule has 1 aliphatic heterocycles. The Morgan fingerprint density at radius 3 is 2.79 bits per heavy atom. The van der Waals surface area contributed by atoms with Crippen molar-refractivity contribution in [3.05, 3.63) is 42.1 Å². The zero-order valence-electron chi connectivity index (χ0n) is 16.2. The molecule has 0 saturated carbocycles. The maximum Gasteiger partial charge on any atom is 0.270 e. The van der Waals surface area contributed by atoms with E-state index in [0.29, 0.717) is 24.7 Å². The summed E-state index contributed by atoms with van der Waals surface area (Å²) in [6.45, 7) is 1.17. The Morgan fingerprint density at radius 1 is 1.21 bits per heavy atom. The summed E-state index contributed by atoms with van der Waals surface area (Å²) < 4.78 is 11.1. The molecule has 1 fully saturated rings. The number of aromatic nitrogens is 3. The average molecular weight is 381 g/mol. The molecule has 3 aromatic rings. The summed E-state index contributed by atoms with van der Waals surface area (Å²) in [5.41, 5.74) is 1.45. The lowest BCUT2D eigenvalue weighted by Crippen LogP contribution is -2.31. The lowest BCUT2D eigenvalue weighted by molar-refractivity contribution is 0.0766. The van der Waals surface area contributed by atoms with Gasteiger partial charge in [0.1, 0.15) is 17.5 Å². The van der Waals surface area contributed by atoms with Gasteiger partial charge < -0.3 is 24.3 Å². The predicted molar refractivity (Wildman–Crippen MR) is 106 cm³/mol. The molecule has 1 atom stereocenters. The smallest absolute Gasteiger partial charge is 0.270 e. The van der Waals surface area contributed by atoms with Crippen LogP contribution in [0, 0.1) is 0 Å². The highest BCUT2D eigenvalue weighted by molar-refractivity contribution is 5.98. The van der Waals surface area contributed by atoms with E-state index in [9.17, 15) is 4.79 Å². The van der Waals surface area contributed by atoms with E-state index in [1.807, 2.05) is 49.3 Å². The van der Waals surface area contributed by atoms with E-state index in [-0.39, 0.29) is 12.0 Å². The summed E-state index contributed by atoms with van der Waals surface area (Å²) in [6, 6.07) is 11.2. The van der Waals surface area contributed by atoms with Gasteiger partial charge in [-0.15, -0.1) is 10.2 Å². The molecule has 28 heavy (non-hydrogen) atoms. The quantitative estimate of drug-likeness (QED) is 0.730. The molecular formula is C20H23N5O3. The Bertz CT molecular complexity index is 983. The third kappa shape index (κ3) is 3.58. The second kappa shape index (κ2) is 7.38. The molecule has 3 heterocycles. The maximum absolute atomic E-state index is 12.9. The van der Waals surface area contributed by atoms with Crippen molar-refractivity contribution in [2.75, 3.05) is 39.2 Å². The summed E-state index contributed by atoms with van der Waals surface area (Å²) in [6.07, 6.45) is 0.671. The number of rotatable bonds is 5. The summed E-state index contributed by atoms with van der Waals surface area (Å²) in [4.78, 5) is 19.7. The minimum atomic E-state index is -0.0899. The zero-order chi connectivity index (χ0) is 19.7. The second-order valence-corrected chi connectivity index (χ2v) is 7.04. The number of hydrogen-bond acceptors (Lipinski definition) is 6. The molecule has 1 aliphatic rings. The van der Waals surface area contributed by atoms with Gasteiger partial charge in [0.2, 0.25) is 5.88 Å². The highest BCUT2D eigenvalue weighted by Crippen LogP contribution is 2.24. The molecule has 2 aromatic heterocycles. The van der Waals surface area contributed by atoms with Crippen molar-refractivity contribution in [2.45, 2.75) is 12.5 Å². The number of amides is 1. The van der Waals surface area contributed by atoms with Crippen LogP contribution < -0.4 is 14.4 Å². The van der Waals surface area contributed by atoms with Gasteiger partial charge in [-0.1, -0.05) is 0 Å². The summed E-state index contributed by atoms with van der Waals surface area (Å²) in [5.74, 6) is 1.97. The number of ether oxygens (including phenoxy) is 2. The van der Waals surface area contributed by atoms with Gasteiger partial charge in [-0.3, -0.25) is 4.79 Å². The van der Waals surface area contributed by atoms with Gasteiger partial charge in [0.05, 0.1) is 13.7 Å². The van der Waals surface area contributed by atoms with Crippen molar-refractivity contribution >= 4 is 22.6 Å². The van der Waals surface area contributed by atoms with Gasteiger partial charge in [-0.2, -0.15) is 0 Å². The number of nitrogens with one attached hydrogen (secondary N) is 1. The van der Waals surface area contributed by atoms with E-state index < -0.39 is 0 Å². The van der Waals surface area contributed by atoms with Crippen LogP contribution in [0.4, 0.5) is 5.82 Å². The predicted octanol–water partition coefficient (Wildman–Crippen LogP) is 2.33. The van der Waals surface area contributed by atoms with Crippen LogP contribution in [0.1, 0.15) is 16.9 Å². The second-order valence-electron chi connectivity index (χ2n) is 7.04. The van der Waals surface area contributed by atoms with E-state index in [0.717, 1.165) is 28.9 Å². The third-order valence-electron chi connectivity index (χ3n) is 4.86. The number of likely N-dealkylation sites (tertiary alicyclic amines) is 1. The SMILES string of the molecule is COc1ccc2cc(C(=O)N3CCC(Oc4ccc(N(C)C)nn4)C3)[nH]c2c1. The first-order valence-corrected chi connectivity index (χ1v) is 9.17. The minimum Gasteiger partial charge on any atom is -0.497 e. The van der Waals surface area contributed by atoms with Crippen molar-refractivity contribution in [1.29, 1.82) is 0 Å². The molecule has 1 unspecified atom stereocenters. The number of carbonyl (C=O) groups excluding carboxylic acids is 1. The first-order chi connectivity index (χ1) is 13.5. The van der Waals surface area contributed by atoms with Crippen molar-refractivity contribution in [1.82, 2.24) is 20.1 Å². The van der Waals surface area contributed by atoms with Crippen molar-refractivity contribution < 1.29 is 14.3 Å². The van der Waals surface area contributed by atoms with Gasteiger partial charge in [0.25, 0.3) is 5.91 Å². The number of carbonyl (C=O) groups is 1. The molecule has 1 amide bonds. The fraction of sp³-hybridized carbons (Fsp3) is 0.350. The zero-order valence-corrected chi connectivity index (χ0v) is 16.2. The molecular weight excluding hydrogens is 358 g/mol. The molecule has 8 heteroatoms. The van der Waals surface area contributed by atoms with Crippen molar-refractivity contribution in [3.8, 4) is 11.6 Å². The Kier molecular flexibility index (Phi) is 4.77. The van der Waals surface area contributed by atoms with E-state index in [1.165, 1.54) is 0 Å². The van der Waals surface area contributed by atoms with Crippen LogP contribution in [0.2, 0.25) is 0 Å². The normalized spacial score (nSPS) is 16.4.